The fourth-order valence-electron chi connectivity index (χ4n) is 1.53. The lowest BCUT2D eigenvalue weighted by Crippen LogP contribution is -2.29. The largest absolute Gasteiger partial charge is 0.455 e. The summed E-state index contributed by atoms with van der Waals surface area (Å²) in [6.45, 7) is 0. The number of hydrazine groups is 1. The zero-order chi connectivity index (χ0) is 13.7. The molecule has 100 valence electrons. The van der Waals surface area contributed by atoms with Crippen LogP contribution in [0.25, 0.3) is 0 Å². The van der Waals surface area contributed by atoms with Gasteiger partial charge in [0.2, 0.25) is 0 Å². The second kappa shape index (κ2) is 6.65. The van der Waals surface area contributed by atoms with E-state index in [0.29, 0.717) is 5.75 Å². The Balaban J connectivity index is 1.88. The number of hydrogen-bond donors (Lipinski definition) is 2. The fraction of sp³-hybridized carbons (Fsp3) is 0.154. The molecule has 1 aromatic carbocycles. The Labute approximate surface area is 120 Å². The molecule has 19 heavy (non-hydrogen) atoms. The summed E-state index contributed by atoms with van der Waals surface area (Å²) in [7, 11) is 0. The summed E-state index contributed by atoms with van der Waals surface area (Å²) < 4.78 is 5.36. The Hall–Kier alpha value is -1.43. The van der Waals surface area contributed by atoms with Crippen LogP contribution in [0.4, 0.5) is 0 Å². The summed E-state index contributed by atoms with van der Waals surface area (Å²) >= 11 is 7.73. The van der Waals surface area contributed by atoms with Crippen molar-refractivity contribution in [3.05, 3.63) is 58.5 Å². The maximum absolute atomic E-state index is 11.2. The molecule has 0 radical (unpaired) electrons. The van der Waals surface area contributed by atoms with Gasteiger partial charge in [-0.3, -0.25) is 10.2 Å². The number of amides is 1. The van der Waals surface area contributed by atoms with Crippen molar-refractivity contribution in [2.45, 2.75) is 11.5 Å². The molecule has 0 saturated heterocycles. The SMILES string of the molecule is NNC(=O)c1ccc(CSCc2ccccc2Cl)o1. The van der Waals surface area contributed by atoms with Crippen molar-refractivity contribution >= 4 is 29.3 Å². The highest BCUT2D eigenvalue weighted by molar-refractivity contribution is 7.97. The van der Waals surface area contributed by atoms with Crippen molar-refractivity contribution in [3.8, 4) is 0 Å². The van der Waals surface area contributed by atoms with Gasteiger partial charge in [-0.25, -0.2) is 5.84 Å². The van der Waals surface area contributed by atoms with Crippen LogP contribution in [0.5, 0.6) is 0 Å². The molecule has 4 nitrogen and oxygen atoms in total. The van der Waals surface area contributed by atoms with Crippen LogP contribution in [0.2, 0.25) is 5.02 Å². The number of rotatable bonds is 5. The van der Waals surface area contributed by atoms with Gasteiger partial charge in [0.15, 0.2) is 5.76 Å². The van der Waals surface area contributed by atoms with E-state index in [4.69, 9.17) is 21.9 Å². The molecule has 0 saturated carbocycles. The van der Waals surface area contributed by atoms with Crippen molar-refractivity contribution in [3.63, 3.8) is 0 Å². The summed E-state index contributed by atoms with van der Waals surface area (Å²) in [5.41, 5.74) is 3.11. The van der Waals surface area contributed by atoms with Gasteiger partial charge in [0.25, 0.3) is 0 Å². The third-order valence-corrected chi connectivity index (χ3v) is 3.85. The smallest absolute Gasteiger partial charge is 0.300 e. The molecule has 0 bridgehead atoms. The van der Waals surface area contributed by atoms with Gasteiger partial charge in [0.1, 0.15) is 5.76 Å². The second-order valence-electron chi connectivity index (χ2n) is 3.82. The molecule has 2 aromatic rings. The first-order valence-electron chi connectivity index (χ1n) is 5.61. The predicted octanol–water partition coefficient (Wildman–Crippen LogP) is 2.97. The average Bonchev–Trinajstić information content (AvgIpc) is 2.89. The molecule has 2 rings (SSSR count). The molecule has 0 aliphatic rings. The third-order valence-electron chi connectivity index (χ3n) is 2.48. The first-order valence-corrected chi connectivity index (χ1v) is 7.15. The Morgan fingerprint density at radius 2 is 2.05 bits per heavy atom. The van der Waals surface area contributed by atoms with Crippen molar-refractivity contribution in [2.75, 3.05) is 0 Å². The Bertz CT molecular complexity index is 571. The molecule has 0 atom stereocenters. The van der Waals surface area contributed by atoms with Crippen LogP contribution in [0, 0.1) is 0 Å². The van der Waals surface area contributed by atoms with Crippen molar-refractivity contribution < 1.29 is 9.21 Å². The molecule has 0 fully saturated rings. The zero-order valence-electron chi connectivity index (χ0n) is 10.1. The maximum atomic E-state index is 11.2. The molecule has 0 aliphatic heterocycles. The van der Waals surface area contributed by atoms with Gasteiger partial charge in [-0.05, 0) is 23.8 Å². The average molecular weight is 297 g/mol. The molecule has 0 aliphatic carbocycles. The van der Waals surface area contributed by atoms with E-state index in [1.807, 2.05) is 29.7 Å². The number of nitrogen functional groups attached to an aromatic ring is 1. The van der Waals surface area contributed by atoms with Crippen LogP contribution in [0.3, 0.4) is 0 Å². The number of furan rings is 1. The normalized spacial score (nSPS) is 10.4. The summed E-state index contributed by atoms with van der Waals surface area (Å²) in [4.78, 5) is 11.2. The van der Waals surface area contributed by atoms with E-state index in [-0.39, 0.29) is 5.76 Å². The lowest BCUT2D eigenvalue weighted by molar-refractivity contribution is 0.0924. The van der Waals surface area contributed by atoms with Crippen molar-refractivity contribution in [1.29, 1.82) is 0 Å². The van der Waals surface area contributed by atoms with Gasteiger partial charge in [0.05, 0.1) is 5.75 Å². The monoisotopic (exact) mass is 296 g/mol. The van der Waals surface area contributed by atoms with Gasteiger partial charge in [-0.15, -0.1) is 11.8 Å². The number of nitrogens with one attached hydrogen (secondary N) is 1. The minimum absolute atomic E-state index is 0.218. The van der Waals surface area contributed by atoms with Crippen LogP contribution in [0.15, 0.2) is 40.8 Å². The first kappa shape index (κ1) is 14.0. The minimum atomic E-state index is -0.428. The fourth-order valence-corrected chi connectivity index (χ4v) is 2.74. The summed E-state index contributed by atoms with van der Waals surface area (Å²) in [6.07, 6.45) is 0. The lowest BCUT2D eigenvalue weighted by Gasteiger charge is -2.02. The number of carbonyl (C=O) groups is 1. The van der Waals surface area contributed by atoms with Gasteiger partial charge < -0.3 is 4.42 Å². The van der Waals surface area contributed by atoms with E-state index in [9.17, 15) is 4.79 Å². The van der Waals surface area contributed by atoms with E-state index in [1.165, 1.54) is 0 Å². The molecular formula is C13H13ClN2O2S. The van der Waals surface area contributed by atoms with Gasteiger partial charge in [-0.1, -0.05) is 29.8 Å². The summed E-state index contributed by atoms with van der Waals surface area (Å²) in [5, 5.41) is 0.762. The van der Waals surface area contributed by atoms with E-state index >= 15 is 0 Å². The lowest BCUT2D eigenvalue weighted by atomic mass is 10.2. The molecule has 1 aromatic heterocycles. The van der Waals surface area contributed by atoms with E-state index in [0.717, 1.165) is 22.1 Å². The number of benzene rings is 1. The van der Waals surface area contributed by atoms with E-state index < -0.39 is 5.91 Å². The maximum Gasteiger partial charge on any atom is 0.300 e. The molecule has 3 N–H and O–H groups in total. The first-order chi connectivity index (χ1) is 9.20. The number of hydrogen-bond acceptors (Lipinski definition) is 4. The Morgan fingerprint density at radius 1 is 1.26 bits per heavy atom. The standard InChI is InChI=1S/C13H13ClN2O2S/c14-11-4-2-1-3-9(11)7-19-8-10-5-6-12(18-10)13(17)16-15/h1-6H,7-8,15H2,(H,16,17). The predicted molar refractivity (Wildman–Crippen MR) is 76.8 cm³/mol. The second-order valence-corrected chi connectivity index (χ2v) is 5.22. The number of thioether (sulfide) groups is 1. The molecule has 1 heterocycles. The molecule has 0 unspecified atom stereocenters. The highest BCUT2D eigenvalue weighted by atomic mass is 35.5. The number of carbonyl (C=O) groups excluding carboxylic acids is 1. The molecule has 6 heteroatoms. The summed E-state index contributed by atoms with van der Waals surface area (Å²) in [5.74, 6) is 7.01. The number of halogens is 1. The van der Waals surface area contributed by atoms with Crippen LogP contribution in [-0.2, 0) is 11.5 Å². The van der Waals surface area contributed by atoms with Gasteiger partial charge in [0, 0.05) is 10.8 Å². The van der Waals surface area contributed by atoms with Gasteiger partial charge in [-0.2, -0.15) is 0 Å². The Kier molecular flexibility index (Phi) is 4.90. The van der Waals surface area contributed by atoms with E-state index in [1.54, 1.807) is 23.9 Å². The van der Waals surface area contributed by atoms with Gasteiger partial charge >= 0.3 is 5.91 Å². The molecule has 1 amide bonds. The van der Waals surface area contributed by atoms with Crippen LogP contribution >= 0.6 is 23.4 Å². The van der Waals surface area contributed by atoms with E-state index in [2.05, 4.69) is 0 Å². The highest BCUT2D eigenvalue weighted by Crippen LogP contribution is 2.23. The minimum Gasteiger partial charge on any atom is -0.455 e. The molecule has 0 spiro atoms. The zero-order valence-corrected chi connectivity index (χ0v) is 11.6. The van der Waals surface area contributed by atoms with Crippen LogP contribution in [-0.4, -0.2) is 5.91 Å². The highest BCUT2D eigenvalue weighted by Gasteiger charge is 2.09. The summed E-state index contributed by atoms with van der Waals surface area (Å²) in [6, 6.07) is 11.1. The molecular weight excluding hydrogens is 284 g/mol. The quantitative estimate of drug-likeness (QED) is 0.506. The van der Waals surface area contributed by atoms with Crippen molar-refractivity contribution in [2.24, 2.45) is 5.84 Å². The number of nitrogens with two attached hydrogens (primary N) is 1. The Morgan fingerprint density at radius 3 is 2.79 bits per heavy atom. The van der Waals surface area contributed by atoms with Crippen LogP contribution in [0.1, 0.15) is 21.9 Å². The third kappa shape index (κ3) is 3.76. The van der Waals surface area contributed by atoms with Crippen molar-refractivity contribution in [1.82, 2.24) is 5.43 Å². The van der Waals surface area contributed by atoms with Crippen LogP contribution < -0.4 is 11.3 Å². The topological polar surface area (TPSA) is 68.3 Å².